The first-order valence-corrected chi connectivity index (χ1v) is 8.40. The smallest absolute Gasteiger partial charge is 0.417 e. The first kappa shape index (κ1) is 22.7. The van der Waals surface area contributed by atoms with Gasteiger partial charge in [-0.3, -0.25) is 0 Å². The van der Waals surface area contributed by atoms with Crippen LogP contribution in [0.4, 0.5) is 26.3 Å². The Morgan fingerprint density at radius 3 is 1.79 bits per heavy atom. The van der Waals surface area contributed by atoms with Gasteiger partial charge >= 0.3 is 24.3 Å². The van der Waals surface area contributed by atoms with Crippen molar-refractivity contribution in [1.82, 2.24) is 0 Å². The second kappa shape index (κ2) is 8.05. The summed E-state index contributed by atoms with van der Waals surface area (Å²) in [4.78, 5) is 24.1. The van der Waals surface area contributed by atoms with E-state index in [4.69, 9.17) is 0 Å². The number of carbonyl (C=O) groups excluding carboxylic acids is 2. The quantitative estimate of drug-likeness (QED) is 0.412. The zero-order valence-electron chi connectivity index (χ0n) is 14.7. The molecule has 2 aromatic rings. The molecule has 0 fully saturated rings. The molecule has 29 heavy (non-hydrogen) atoms. The van der Waals surface area contributed by atoms with Crippen LogP contribution in [0, 0.1) is 0 Å². The maximum Gasteiger partial charge on any atom is 0.417 e. The molecule has 0 heterocycles. The van der Waals surface area contributed by atoms with E-state index in [9.17, 15) is 35.9 Å². The fourth-order valence-electron chi connectivity index (χ4n) is 2.57. The average Bonchev–Trinajstić information content (AvgIpc) is 2.65. The fraction of sp³-hybridized carbons (Fsp3) is 0.222. The van der Waals surface area contributed by atoms with Crippen molar-refractivity contribution in [2.24, 2.45) is 0 Å². The highest BCUT2D eigenvalue weighted by molar-refractivity contribution is 9.10. The molecule has 2 aromatic carbocycles. The van der Waals surface area contributed by atoms with Crippen LogP contribution in [-0.2, 0) is 21.8 Å². The van der Waals surface area contributed by atoms with Crippen molar-refractivity contribution in [2.45, 2.75) is 12.4 Å². The molecule has 0 bridgehead atoms. The summed E-state index contributed by atoms with van der Waals surface area (Å²) in [6.07, 6.45) is -9.79. The van der Waals surface area contributed by atoms with Crippen molar-refractivity contribution >= 4 is 27.9 Å². The van der Waals surface area contributed by atoms with E-state index in [2.05, 4.69) is 25.4 Å². The number of halogens is 7. The Balaban J connectivity index is 2.92. The number of hydrogen-bond donors (Lipinski definition) is 0. The van der Waals surface area contributed by atoms with Crippen LogP contribution < -0.4 is 0 Å². The normalized spacial score (nSPS) is 11.9. The molecule has 0 N–H and O–H groups in total. The topological polar surface area (TPSA) is 52.6 Å². The number of benzene rings is 2. The van der Waals surface area contributed by atoms with Gasteiger partial charge in [0.2, 0.25) is 0 Å². The Bertz CT molecular complexity index is 949. The van der Waals surface area contributed by atoms with Gasteiger partial charge in [0.05, 0.1) is 36.5 Å². The summed E-state index contributed by atoms with van der Waals surface area (Å²) in [6.45, 7) is 0. The maximum absolute atomic E-state index is 13.8. The lowest BCUT2D eigenvalue weighted by atomic mass is 9.91. The highest BCUT2D eigenvalue weighted by Gasteiger charge is 2.41. The standard InChI is InChI=1S/C18H11BrF6O4/c1-28-15(26)11-7-10(8-3-5-9(6-4-8)17(20,21)22)13(18(23,24)25)12(14(11)19)16(27)29-2/h3-7H,1-2H3. The number of carbonyl (C=O) groups is 2. The van der Waals surface area contributed by atoms with Gasteiger partial charge in [-0.05, 0) is 45.3 Å². The molecular formula is C18H11BrF6O4. The highest BCUT2D eigenvalue weighted by Crippen LogP contribution is 2.44. The zero-order chi connectivity index (χ0) is 22.1. The lowest BCUT2D eigenvalue weighted by Crippen LogP contribution is -2.19. The molecule has 0 unspecified atom stereocenters. The van der Waals surface area contributed by atoms with Crippen molar-refractivity contribution in [3.05, 3.63) is 57.1 Å². The van der Waals surface area contributed by atoms with E-state index in [0.29, 0.717) is 12.1 Å². The summed E-state index contributed by atoms with van der Waals surface area (Å²) in [6, 6.07) is 3.58. The molecule has 0 saturated heterocycles. The molecule has 0 spiro atoms. The summed E-state index contributed by atoms with van der Waals surface area (Å²) in [5, 5.41) is 0. The molecule has 0 aliphatic carbocycles. The van der Waals surface area contributed by atoms with Crippen molar-refractivity contribution in [3.8, 4) is 11.1 Å². The molecule has 0 amide bonds. The second-order valence-corrected chi connectivity index (χ2v) is 6.38. The zero-order valence-corrected chi connectivity index (χ0v) is 16.3. The monoisotopic (exact) mass is 484 g/mol. The van der Waals surface area contributed by atoms with Crippen LogP contribution in [0.25, 0.3) is 11.1 Å². The Morgan fingerprint density at radius 2 is 1.38 bits per heavy atom. The van der Waals surface area contributed by atoms with Crippen molar-refractivity contribution in [1.29, 1.82) is 0 Å². The highest BCUT2D eigenvalue weighted by atomic mass is 79.9. The number of methoxy groups -OCH3 is 2. The SMILES string of the molecule is COC(=O)c1cc(-c2ccc(C(F)(F)F)cc2)c(C(F)(F)F)c(C(=O)OC)c1Br. The van der Waals surface area contributed by atoms with Gasteiger partial charge in [0.15, 0.2) is 0 Å². The van der Waals surface area contributed by atoms with Crippen LogP contribution >= 0.6 is 15.9 Å². The Morgan fingerprint density at radius 1 is 0.862 bits per heavy atom. The second-order valence-electron chi connectivity index (χ2n) is 5.59. The minimum Gasteiger partial charge on any atom is -0.465 e. The predicted octanol–water partition coefficient (Wildman–Crippen LogP) is 5.73. The molecule has 0 aromatic heterocycles. The summed E-state index contributed by atoms with van der Waals surface area (Å²) in [7, 11) is 1.82. The summed E-state index contributed by atoms with van der Waals surface area (Å²) in [5.41, 5.74) is -4.96. The van der Waals surface area contributed by atoms with E-state index >= 15 is 0 Å². The Labute approximate surface area is 168 Å². The van der Waals surface area contributed by atoms with Crippen molar-refractivity contribution in [2.75, 3.05) is 14.2 Å². The van der Waals surface area contributed by atoms with Gasteiger partial charge < -0.3 is 9.47 Å². The van der Waals surface area contributed by atoms with Crippen LogP contribution in [0.1, 0.15) is 31.8 Å². The van der Waals surface area contributed by atoms with E-state index in [-0.39, 0.29) is 5.56 Å². The summed E-state index contributed by atoms with van der Waals surface area (Å²) in [5.74, 6) is -2.47. The van der Waals surface area contributed by atoms with E-state index in [0.717, 1.165) is 32.4 Å². The number of rotatable bonds is 3. The van der Waals surface area contributed by atoms with E-state index in [1.165, 1.54) is 0 Å². The van der Waals surface area contributed by atoms with Gasteiger partial charge in [-0.25, -0.2) is 9.59 Å². The first-order chi connectivity index (χ1) is 13.3. The fourth-order valence-corrected chi connectivity index (χ4v) is 3.21. The molecular weight excluding hydrogens is 474 g/mol. The average molecular weight is 485 g/mol. The number of ether oxygens (including phenoxy) is 2. The van der Waals surface area contributed by atoms with E-state index in [1.54, 1.807) is 0 Å². The summed E-state index contributed by atoms with van der Waals surface area (Å²) < 4.78 is 88.2. The van der Waals surface area contributed by atoms with Crippen LogP contribution in [0.3, 0.4) is 0 Å². The van der Waals surface area contributed by atoms with E-state index < -0.39 is 56.6 Å². The number of alkyl halides is 6. The summed E-state index contributed by atoms with van der Waals surface area (Å²) >= 11 is 2.80. The third-order valence-electron chi connectivity index (χ3n) is 3.87. The number of hydrogen-bond acceptors (Lipinski definition) is 4. The predicted molar refractivity (Wildman–Crippen MR) is 92.3 cm³/mol. The third-order valence-corrected chi connectivity index (χ3v) is 4.69. The van der Waals surface area contributed by atoms with Gasteiger partial charge in [0.25, 0.3) is 0 Å². The molecule has 156 valence electrons. The molecule has 0 aliphatic heterocycles. The van der Waals surface area contributed by atoms with Gasteiger partial charge in [-0.2, -0.15) is 26.3 Å². The molecule has 0 saturated carbocycles. The van der Waals surface area contributed by atoms with Gasteiger partial charge in [-0.15, -0.1) is 0 Å². The Kier molecular flexibility index (Phi) is 6.31. The Hall–Kier alpha value is -2.56. The maximum atomic E-state index is 13.8. The van der Waals surface area contributed by atoms with Crippen molar-refractivity contribution < 1.29 is 45.4 Å². The van der Waals surface area contributed by atoms with Gasteiger partial charge in [0.1, 0.15) is 0 Å². The van der Waals surface area contributed by atoms with Crippen LogP contribution in [0.15, 0.2) is 34.8 Å². The number of esters is 2. The first-order valence-electron chi connectivity index (χ1n) is 7.60. The lowest BCUT2D eigenvalue weighted by Gasteiger charge is -2.20. The van der Waals surface area contributed by atoms with Crippen molar-refractivity contribution in [3.63, 3.8) is 0 Å². The molecule has 2 rings (SSSR count). The van der Waals surface area contributed by atoms with Crippen LogP contribution in [0.5, 0.6) is 0 Å². The molecule has 11 heteroatoms. The third kappa shape index (κ3) is 4.55. The van der Waals surface area contributed by atoms with Crippen LogP contribution in [-0.4, -0.2) is 26.2 Å². The molecule has 0 radical (unpaired) electrons. The van der Waals surface area contributed by atoms with E-state index in [1.807, 2.05) is 0 Å². The minimum absolute atomic E-state index is 0.298. The van der Waals surface area contributed by atoms with Gasteiger partial charge in [-0.1, -0.05) is 12.1 Å². The molecule has 0 atom stereocenters. The van der Waals surface area contributed by atoms with Crippen LogP contribution in [0.2, 0.25) is 0 Å². The minimum atomic E-state index is -5.10. The molecule has 0 aliphatic rings. The largest absolute Gasteiger partial charge is 0.465 e. The van der Waals surface area contributed by atoms with Gasteiger partial charge in [0, 0.05) is 4.47 Å². The molecule has 4 nitrogen and oxygen atoms in total. The lowest BCUT2D eigenvalue weighted by molar-refractivity contribution is -0.138.